The van der Waals surface area contributed by atoms with Crippen molar-refractivity contribution in [3.8, 4) is 0 Å². The molecule has 2 N–H and O–H groups in total. The van der Waals surface area contributed by atoms with E-state index in [0.29, 0.717) is 12.8 Å². The molecule has 0 saturated carbocycles. The SMILES string of the molecule is O=C(O)C(O)CCCCCCCCCCCCCCCC(Cl)(Cl)Cl. The fourth-order valence-electron chi connectivity index (χ4n) is 2.73. The van der Waals surface area contributed by atoms with Gasteiger partial charge in [-0.2, -0.15) is 0 Å². The maximum absolute atomic E-state index is 10.4. The maximum Gasteiger partial charge on any atom is 0.332 e. The molecule has 1 atom stereocenters. The molecule has 0 radical (unpaired) electrons. The van der Waals surface area contributed by atoms with E-state index in [9.17, 15) is 4.79 Å². The van der Waals surface area contributed by atoms with Crippen LogP contribution in [0.3, 0.4) is 0 Å². The van der Waals surface area contributed by atoms with Crippen LogP contribution < -0.4 is 0 Å². The van der Waals surface area contributed by atoms with Gasteiger partial charge in [0.25, 0.3) is 0 Å². The summed E-state index contributed by atoms with van der Waals surface area (Å²) in [5.74, 6) is -1.11. The third kappa shape index (κ3) is 18.6. The number of alkyl halides is 3. The van der Waals surface area contributed by atoms with E-state index >= 15 is 0 Å². The summed E-state index contributed by atoms with van der Waals surface area (Å²) >= 11 is 17.1. The topological polar surface area (TPSA) is 57.5 Å². The minimum Gasteiger partial charge on any atom is -0.479 e. The highest BCUT2D eigenvalue weighted by Gasteiger charge is 2.17. The van der Waals surface area contributed by atoms with Gasteiger partial charge in [-0.05, 0) is 19.3 Å². The number of aliphatic hydroxyl groups is 1. The molecule has 0 aliphatic heterocycles. The Kier molecular flexibility index (Phi) is 15.7. The van der Waals surface area contributed by atoms with E-state index in [1.165, 1.54) is 51.4 Å². The van der Waals surface area contributed by atoms with Crippen LogP contribution in [0, 0.1) is 0 Å². The minimum atomic E-state index is -1.19. The highest BCUT2D eigenvalue weighted by atomic mass is 35.6. The molecule has 0 aliphatic carbocycles. The standard InChI is InChI=1S/C18H33Cl3O3/c19-18(20,21)15-13-11-9-7-5-3-1-2-4-6-8-10-12-14-16(22)17(23)24/h16,22H,1-15H2,(H,23,24). The average molecular weight is 404 g/mol. The molecule has 0 saturated heterocycles. The molecule has 6 heteroatoms. The molecule has 3 nitrogen and oxygen atoms in total. The highest BCUT2D eigenvalue weighted by molar-refractivity contribution is 6.67. The largest absolute Gasteiger partial charge is 0.479 e. The number of halogens is 3. The van der Waals surface area contributed by atoms with Crippen LogP contribution >= 0.6 is 34.8 Å². The highest BCUT2D eigenvalue weighted by Crippen LogP contribution is 2.32. The average Bonchev–Trinajstić information content (AvgIpc) is 2.49. The van der Waals surface area contributed by atoms with Gasteiger partial charge in [0.05, 0.1) is 0 Å². The van der Waals surface area contributed by atoms with Gasteiger partial charge in [-0.15, -0.1) is 0 Å². The zero-order valence-corrected chi connectivity index (χ0v) is 16.9. The first-order valence-electron chi connectivity index (χ1n) is 9.30. The Morgan fingerprint density at radius 2 is 1.04 bits per heavy atom. The van der Waals surface area contributed by atoms with Crippen LogP contribution in [0.2, 0.25) is 0 Å². The van der Waals surface area contributed by atoms with E-state index in [1.54, 1.807) is 0 Å². The van der Waals surface area contributed by atoms with Crippen molar-refractivity contribution < 1.29 is 15.0 Å². The van der Waals surface area contributed by atoms with Gasteiger partial charge >= 0.3 is 5.97 Å². The quantitative estimate of drug-likeness (QED) is 0.224. The Balaban J connectivity index is 3.12. The first-order chi connectivity index (χ1) is 11.3. The molecular formula is C18H33Cl3O3. The van der Waals surface area contributed by atoms with Crippen LogP contribution in [-0.4, -0.2) is 26.1 Å². The number of carboxylic acids is 1. The van der Waals surface area contributed by atoms with E-state index in [-0.39, 0.29) is 0 Å². The lowest BCUT2D eigenvalue weighted by Gasteiger charge is -2.09. The van der Waals surface area contributed by atoms with Crippen LogP contribution in [0.25, 0.3) is 0 Å². The van der Waals surface area contributed by atoms with Gasteiger partial charge in [-0.25, -0.2) is 4.79 Å². The number of rotatable bonds is 16. The predicted molar refractivity (Wildman–Crippen MR) is 103 cm³/mol. The second-order valence-electron chi connectivity index (χ2n) is 6.60. The lowest BCUT2D eigenvalue weighted by Crippen LogP contribution is -2.18. The Labute approximate surface area is 162 Å². The van der Waals surface area contributed by atoms with Crippen LogP contribution in [0.15, 0.2) is 0 Å². The number of carbonyl (C=O) groups is 1. The molecule has 0 fully saturated rings. The molecule has 0 aromatic carbocycles. The molecule has 144 valence electrons. The number of carboxylic acid groups (broad SMARTS) is 1. The summed E-state index contributed by atoms with van der Waals surface area (Å²) in [6, 6.07) is 0. The van der Waals surface area contributed by atoms with Gasteiger partial charge in [0.15, 0.2) is 9.90 Å². The van der Waals surface area contributed by atoms with Crippen LogP contribution in [0.1, 0.15) is 96.3 Å². The number of hydrogen-bond donors (Lipinski definition) is 2. The van der Waals surface area contributed by atoms with Gasteiger partial charge in [-0.3, -0.25) is 0 Å². The van der Waals surface area contributed by atoms with Crippen molar-refractivity contribution in [2.75, 3.05) is 0 Å². The first-order valence-corrected chi connectivity index (χ1v) is 10.4. The normalized spacial score (nSPS) is 13.2. The van der Waals surface area contributed by atoms with Crippen LogP contribution in [0.5, 0.6) is 0 Å². The predicted octanol–water partition coefficient (Wildman–Crippen LogP) is 6.65. The summed E-state index contributed by atoms with van der Waals surface area (Å²) in [4.78, 5) is 10.4. The zero-order chi connectivity index (χ0) is 18.3. The summed E-state index contributed by atoms with van der Waals surface area (Å²) in [5.41, 5.74) is 0. The van der Waals surface area contributed by atoms with Crippen molar-refractivity contribution >= 4 is 40.8 Å². The van der Waals surface area contributed by atoms with E-state index < -0.39 is 15.9 Å². The van der Waals surface area contributed by atoms with Crippen molar-refractivity contribution in [1.82, 2.24) is 0 Å². The Bertz CT molecular complexity index is 306. The zero-order valence-electron chi connectivity index (χ0n) is 14.6. The smallest absolute Gasteiger partial charge is 0.332 e. The molecule has 0 rings (SSSR count). The summed E-state index contributed by atoms with van der Waals surface area (Å²) in [5, 5.41) is 17.7. The molecule has 0 aromatic rings. The third-order valence-corrected chi connectivity index (χ3v) is 4.79. The van der Waals surface area contributed by atoms with E-state index in [2.05, 4.69) is 0 Å². The van der Waals surface area contributed by atoms with Gasteiger partial charge in [0.1, 0.15) is 0 Å². The van der Waals surface area contributed by atoms with E-state index in [4.69, 9.17) is 45.0 Å². The molecule has 1 unspecified atom stereocenters. The molecule has 0 spiro atoms. The van der Waals surface area contributed by atoms with Crippen LogP contribution in [0.4, 0.5) is 0 Å². The van der Waals surface area contributed by atoms with Gasteiger partial charge in [0.2, 0.25) is 0 Å². The molecule has 0 aromatic heterocycles. The van der Waals surface area contributed by atoms with Gasteiger partial charge in [0, 0.05) is 0 Å². The summed E-state index contributed by atoms with van der Waals surface area (Å²) in [6.45, 7) is 0. The molecule has 0 aliphatic rings. The van der Waals surface area contributed by atoms with Gasteiger partial charge in [-0.1, -0.05) is 112 Å². The Hall–Kier alpha value is 0.300. The number of unbranched alkanes of at least 4 members (excludes halogenated alkanes) is 12. The lowest BCUT2D eigenvalue weighted by molar-refractivity contribution is -0.146. The van der Waals surface area contributed by atoms with Crippen molar-refractivity contribution in [1.29, 1.82) is 0 Å². The second kappa shape index (κ2) is 15.5. The fraction of sp³-hybridized carbons (Fsp3) is 0.944. The summed E-state index contributed by atoms with van der Waals surface area (Å²) < 4.78 is -1.09. The van der Waals surface area contributed by atoms with Crippen LogP contribution in [-0.2, 0) is 4.79 Å². The van der Waals surface area contributed by atoms with Crippen molar-refractivity contribution in [3.05, 3.63) is 0 Å². The Morgan fingerprint density at radius 1 is 0.708 bits per heavy atom. The Morgan fingerprint density at radius 3 is 1.38 bits per heavy atom. The molecule has 24 heavy (non-hydrogen) atoms. The number of aliphatic hydroxyl groups excluding tert-OH is 1. The molecular weight excluding hydrogens is 371 g/mol. The number of aliphatic carboxylic acids is 1. The second-order valence-corrected chi connectivity index (χ2v) is 9.12. The molecule has 0 heterocycles. The van der Waals surface area contributed by atoms with E-state index in [0.717, 1.165) is 32.1 Å². The van der Waals surface area contributed by atoms with Gasteiger partial charge < -0.3 is 10.2 Å². The summed E-state index contributed by atoms with van der Waals surface area (Å²) in [7, 11) is 0. The van der Waals surface area contributed by atoms with Crippen molar-refractivity contribution in [2.45, 2.75) is 106 Å². The third-order valence-electron chi connectivity index (χ3n) is 4.22. The first kappa shape index (κ1) is 24.3. The molecule has 0 bridgehead atoms. The molecule has 0 amide bonds. The van der Waals surface area contributed by atoms with Crippen molar-refractivity contribution in [2.24, 2.45) is 0 Å². The number of hydrogen-bond acceptors (Lipinski definition) is 2. The lowest BCUT2D eigenvalue weighted by atomic mass is 10.0. The monoisotopic (exact) mass is 402 g/mol. The van der Waals surface area contributed by atoms with Crippen molar-refractivity contribution in [3.63, 3.8) is 0 Å². The maximum atomic E-state index is 10.4. The minimum absolute atomic E-state index is 0.372. The fourth-order valence-corrected chi connectivity index (χ4v) is 3.13. The summed E-state index contributed by atoms with van der Waals surface area (Å²) in [6.07, 6.45) is 15.0. The van der Waals surface area contributed by atoms with E-state index in [1.807, 2.05) is 0 Å².